The van der Waals surface area contributed by atoms with Crippen LogP contribution >= 0.6 is 15.9 Å². The van der Waals surface area contributed by atoms with Gasteiger partial charge < -0.3 is 15.4 Å². The van der Waals surface area contributed by atoms with E-state index in [4.69, 9.17) is 4.74 Å². The van der Waals surface area contributed by atoms with Crippen molar-refractivity contribution >= 4 is 51.2 Å². The maximum Gasteiger partial charge on any atom is 0.329 e. The normalized spacial score (nSPS) is 10.5. The van der Waals surface area contributed by atoms with Crippen molar-refractivity contribution in [3.05, 3.63) is 88.4 Å². The molecule has 0 aliphatic rings. The number of rotatable bonds is 7. The summed E-state index contributed by atoms with van der Waals surface area (Å²) in [5.41, 5.74) is 3.85. The van der Waals surface area contributed by atoms with Crippen molar-refractivity contribution in [3.63, 3.8) is 0 Å². The summed E-state index contributed by atoms with van der Waals surface area (Å²) < 4.78 is 6.24. The summed E-state index contributed by atoms with van der Waals surface area (Å²) in [4.78, 5) is 37.1. The Labute approximate surface area is 199 Å². The van der Waals surface area contributed by atoms with Gasteiger partial charge in [0, 0.05) is 10.2 Å². The van der Waals surface area contributed by atoms with Crippen LogP contribution in [0.4, 0.5) is 11.4 Å². The van der Waals surface area contributed by atoms with Crippen LogP contribution < -0.4 is 20.8 Å². The molecule has 3 amide bonds. The monoisotopic (exact) mass is 508 g/mol. The summed E-state index contributed by atoms with van der Waals surface area (Å²) >= 11 is 3.34. The molecule has 8 nitrogen and oxygen atoms in total. The second-order valence-electron chi connectivity index (χ2n) is 6.67. The average Bonchev–Trinajstić information content (AvgIpc) is 2.81. The van der Waals surface area contributed by atoms with E-state index in [0.29, 0.717) is 18.0 Å². The van der Waals surface area contributed by atoms with E-state index in [1.165, 1.54) is 12.3 Å². The third kappa shape index (κ3) is 7.01. The highest BCUT2D eigenvalue weighted by atomic mass is 79.9. The summed E-state index contributed by atoms with van der Waals surface area (Å²) in [7, 11) is 0. The van der Waals surface area contributed by atoms with Crippen LogP contribution in [-0.2, 0) is 9.59 Å². The van der Waals surface area contributed by atoms with Crippen LogP contribution in [0, 0.1) is 0 Å². The van der Waals surface area contributed by atoms with Crippen molar-refractivity contribution in [2.45, 2.75) is 6.92 Å². The summed E-state index contributed by atoms with van der Waals surface area (Å²) in [5, 5.41) is 8.98. The quantitative estimate of drug-likeness (QED) is 0.252. The Balaban J connectivity index is 1.62. The second kappa shape index (κ2) is 11.6. The van der Waals surface area contributed by atoms with E-state index in [0.717, 1.165) is 10.0 Å². The fourth-order valence-corrected chi connectivity index (χ4v) is 3.19. The number of hydrogen-bond acceptors (Lipinski definition) is 5. The Morgan fingerprint density at radius 3 is 2.42 bits per heavy atom. The van der Waals surface area contributed by atoms with Gasteiger partial charge in [0.1, 0.15) is 5.75 Å². The summed E-state index contributed by atoms with van der Waals surface area (Å²) in [6.07, 6.45) is 1.41. The number of halogens is 1. The Morgan fingerprint density at radius 2 is 1.70 bits per heavy atom. The molecule has 9 heteroatoms. The van der Waals surface area contributed by atoms with Gasteiger partial charge >= 0.3 is 11.8 Å². The Kier molecular flexibility index (Phi) is 8.31. The fourth-order valence-electron chi connectivity index (χ4n) is 2.77. The molecule has 0 aromatic heterocycles. The first kappa shape index (κ1) is 23.7. The highest BCUT2D eigenvalue weighted by Crippen LogP contribution is 2.20. The maximum atomic E-state index is 12.7. The van der Waals surface area contributed by atoms with E-state index in [1.54, 1.807) is 54.6 Å². The number of amides is 3. The molecule has 0 saturated carbocycles. The number of carbonyl (C=O) groups excluding carboxylic acids is 3. The Bertz CT molecular complexity index is 1180. The molecule has 3 aromatic carbocycles. The van der Waals surface area contributed by atoms with Crippen molar-refractivity contribution in [3.8, 4) is 5.75 Å². The van der Waals surface area contributed by atoms with Gasteiger partial charge in [-0.05, 0) is 61.0 Å². The van der Waals surface area contributed by atoms with Gasteiger partial charge in [0.15, 0.2) is 0 Å². The molecule has 0 aliphatic heterocycles. The average molecular weight is 509 g/mol. The molecule has 0 fully saturated rings. The lowest BCUT2D eigenvalue weighted by molar-refractivity contribution is -0.136. The molecule has 0 unspecified atom stereocenters. The van der Waals surface area contributed by atoms with Gasteiger partial charge in [0.2, 0.25) is 0 Å². The van der Waals surface area contributed by atoms with E-state index in [1.807, 2.05) is 19.1 Å². The number of para-hydroxylation sites is 1. The molecular formula is C24H21BrN4O4. The first-order valence-corrected chi connectivity index (χ1v) is 10.8. The van der Waals surface area contributed by atoms with Crippen molar-refractivity contribution in [1.29, 1.82) is 0 Å². The van der Waals surface area contributed by atoms with Gasteiger partial charge in [-0.1, -0.05) is 40.2 Å². The summed E-state index contributed by atoms with van der Waals surface area (Å²) in [6.45, 7) is 2.43. The molecule has 3 rings (SSSR count). The molecule has 168 valence electrons. The van der Waals surface area contributed by atoms with E-state index in [-0.39, 0.29) is 11.3 Å². The number of anilines is 2. The summed E-state index contributed by atoms with van der Waals surface area (Å²) in [6, 6.07) is 20.5. The highest BCUT2D eigenvalue weighted by molar-refractivity contribution is 9.10. The third-order valence-corrected chi connectivity index (χ3v) is 4.77. The Hall–Kier alpha value is -3.98. The molecule has 0 heterocycles. The first-order valence-electron chi connectivity index (χ1n) is 9.99. The topological polar surface area (TPSA) is 109 Å². The molecule has 0 spiro atoms. The lowest BCUT2D eigenvalue weighted by atomic mass is 10.1. The van der Waals surface area contributed by atoms with Crippen LogP contribution in [0.15, 0.2) is 82.4 Å². The number of hydrazone groups is 1. The van der Waals surface area contributed by atoms with Crippen molar-refractivity contribution in [2.75, 3.05) is 17.2 Å². The number of hydrogen-bond donors (Lipinski definition) is 3. The Morgan fingerprint density at radius 1 is 0.939 bits per heavy atom. The first-order chi connectivity index (χ1) is 16.0. The molecule has 0 radical (unpaired) electrons. The van der Waals surface area contributed by atoms with E-state index in [2.05, 4.69) is 37.1 Å². The SMILES string of the molecule is CCOc1ccc(NC(=O)c2ccccc2NC(=O)C(=O)N/N=C/c2cccc(Br)c2)cc1. The number of ether oxygens (including phenoxy) is 1. The smallest absolute Gasteiger partial charge is 0.329 e. The van der Waals surface area contributed by atoms with Gasteiger partial charge in [-0.15, -0.1) is 0 Å². The van der Waals surface area contributed by atoms with Crippen molar-refractivity contribution in [1.82, 2.24) is 5.43 Å². The molecule has 33 heavy (non-hydrogen) atoms. The zero-order valence-electron chi connectivity index (χ0n) is 17.7. The largest absolute Gasteiger partial charge is 0.494 e. The molecule has 0 saturated heterocycles. The predicted molar refractivity (Wildman–Crippen MR) is 131 cm³/mol. The highest BCUT2D eigenvalue weighted by Gasteiger charge is 2.17. The van der Waals surface area contributed by atoms with E-state index >= 15 is 0 Å². The number of nitrogens with one attached hydrogen (secondary N) is 3. The standard InChI is InChI=1S/C24H21BrN4O4/c1-2-33-19-12-10-18(11-13-19)27-22(30)20-8-3-4-9-21(20)28-23(31)24(32)29-26-15-16-6-5-7-17(25)14-16/h3-15H,2H2,1H3,(H,27,30)(H,28,31)(H,29,32)/b26-15+. The minimum absolute atomic E-state index is 0.192. The zero-order chi connectivity index (χ0) is 23.6. The maximum absolute atomic E-state index is 12.7. The molecule has 3 N–H and O–H groups in total. The molecular weight excluding hydrogens is 488 g/mol. The lowest BCUT2D eigenvalue weighted by Gasteiger charge is -2.11. The second-order valence-corrected chi connectivity index (χ2v) is 7.58. The van der Waals surface area contributed by atoms with E-state index in [9.17, 15) is 14.4 Å². The molecule has 0 bridgehead atoms. The third-order valence-electron chi connectivity index (χ3n) is 4.28. The molecule has 0 aliphatic carbocycles. The van der Waals surface area contributed by atoms with Crippen molar-refractivity contribution in [2.24, 2.45) is 5.10 Å². The summed E-state index contributed by atoms with van der Waals surface area (Å²) in [5.74, 6) is -1.68. The van der Waals surface area contributed by atoms with Gasteiger partial charge in [0.25, 0.3) is 5.91 Å². The van der Waals surface area contributed by atoms with Gasteiger partial charge in [-0.3, -0.25) is 14.4 Å². The van der Waals surface area contributed by atoms with Crippen molar-refractivity contribution < 1.29 is 19.1 Å². The molecule has 0 atom stereocenters. The molecule has 3 aromatic rings. The van der Waals surface area contributed by atoms with Crippen LogP contribution in [0.1, 0.15) is 22.8 Å². The predicted octanol–water partition coefficient (Wildman–Crippen LogP) is 4.19. The van der Waals surface area contributed by atoms with Crippen LogP contribution in [0.5, 0.6) is 5.75 Å². The number of nitrogens with zero attached hydrogens (tertiary/aromatic N) is 1. The lowest BCUT2D eigenvalue weighted by Crippen LogP contribution is -2.33. The van der Waals surface area contributed by atoms with Crippen LogP contribution in [-0.4, -0.2) is 30.5 Å². The number of carbonyl (C=O) groups is 3. The minimum Gasteiger partial charge on any atom is -0.494 e. The van der Waals surface area contributed by atoms with Gasteiger partial charge in [-0.25, -0.2) is 5.43 Å². The van der Waals surface area contributed by atoms with Crippen LogP contribution in [0.25, 0.3) is 0 Å². The van der Waals surface area contributed by atoms with E-state index < -0.39 is 17.7 Å². The number of benzene rings is 3. The fraction of sp³-hybridized carbons (Fsp3) is 0.0833. The van der Waals surface area contributed by atoms with Crippen LogP contribution in [0.3, 0.4) is 0 Å². The zero-order valence-corrected chi connectivity index (χ0v) is 19.3. The van der Waals surface area contributed by atoms with Crippen LogP contribution in [0.2, 0.25) is 0 Å². The van der Waals surface area contributed by atoms with Gasteiger partial charge in [0.05, 0.1) is 24.1 Å². The minimum atomic E-state index is -0.969. The van der Waals surface area contributed by atoms with Gasteiger partial charge in [-0.2, -0.15) is 5.10 Å².